The van der Waals surface area contributed by atoms with E-state index in [0.29, 0.717) is 16.3 Å². The summed E-state index contributed by atoms with van der Waals surface area (Å²) in [6.45, 7) is 2.05. The zero-order chi connectivity index (χ0) is 12.7. The van der Waals surface area contributed by atoms with Crippen LogP contribution in [0, 0.1) is 5.82 Å². The SMILES string of the molecule is CCc1nn2cc(-c3ccc(F)cc3Cl)nc2s1. The highest BCUT2D eigenvalue weighted by Crippen LogP contribution is 2.29. The Morgan fingerprint density at radius 2 is 2.28 bits per heavy atom. The summed E-state index contributed by atoms with van der Waals surface area (Å²) in [6, 6.07) is 4.29. The number of halogens is 2. The van der Waals surface area contributed by atoms with E-state index in [1.54, 1.807) is 21.9 Å². The average molecular weight is 282 g/mol. The predicted octanol–water partition coefficient (Wildman–Crippen LogP) is 3.81. The van der Waals surface area contributed by atoms with E-state index in [-0.39, 0.29) is 5.82 Å². The van der Waals surface area contributed by atoms with E-state index in [2.05, 4.69) is 17.0 Å². The fraction of sp³-hybridized carbons (Fsp3) is 0.167. The summed E-state index contributed by atoms with van der Waals surface area (Å²) in [5.74, 6) is -0.351. The van der Waals surface area contributed by atoms with E-state index in [4.69, 9.17) is 11.6 Å². The van der Waals surface area contributed by atoms with Crippen LogP contribution in [-0.2, 0) is 6.42 Å². The minimum absolute atomic E-state index is 0.351. The minimum atomic E-state index is -0.351. The van der Waals surface area contributed by atoms with E-state index in [9.17, 15) is 4.39 Å². The number of rotatable bonds is 2. The van der Waals surface area contributed by atoms with Gasteiger partial charge in [-0.25, -0.2) is 13.9 Å². The lowest BCUT2D eigenvalue weighted by Crippen LogP contribution is -1.84. The molecule has 3 rings (SSSR count). The molecule has 0 N–H and O–H groups in total. The average Bonchev–Trinajstić information content (AvgIpc) is 2.86. The van der Waals surface area contributed by atoms with Gasteiger partial charge in [0.15, 0.2) is 0 Å². The molecule has 0 amide bonds. The fourth-order valence-electron chi connectivity index (χ4n) is 1.71. The molecular weight excluding hydrogens is 273 g/mol. The number of hydrogen-bond acceptors (Lipinski definition) is 3. The first-order valence-corrected chi connectivity index (χ1v) is 6.67. The molecule has 0 aliphatic heterocycles. The van der Waals surface area contributed by atoms with Crippen LogP contribution < -0.4 is 0 Å². The van der Waals surface area contributed by atoms with Crippen LogP contribution >= 0.6 is 22.9 Å². The molecule has 2 heterocycles. The molecule has 0 unspecified atom stereocenters. The summed E-state index contributed by atoms with van der Waals surface area (Å²) < 4.78 is 14.7. The maximum absolute atomic E-state index is 13.0. The van der Waals surface area contributed by atoms with Crippen LogP contribution in [-0.4, -0.2) is 14.6 Å². The van der Waals surface area contributed by atoms with Gasteiger partial charge in [0.2, 0.25) is 4.96 Å². The van der Waals surface area contributed by atoms with Gasteiger partial charge in [0.25, 0.3) is 0 Å². The zero-order valence-electron chi connectivity index (χ0n) is 9.52. The second-order valence-corrected chi connectivity index (χ2v) is 5.27. The van der Waals surface area contributed by atoms with Crippen LogP contribution in [0.25, 0.3) is 16.2 Å². The van der Waals surface area contributed by atoms with Gasteiger partial charge in [-0.1, -0.05) is 29.9 Å². The molecule has 0 bridgehead atoms. The molecule has 6 heteroatoms. The van der Waals surface area contributed by atoms with Crippen LogP contribution in [0.1, 0.15) is 11.9 Å². The van der Waals surface area contributed by atoms with Gasteiger partial charge in [0.1, 0.15) is 10.8 Å². The van der Waals surface area contributed by atoms with Crippen molar-refractivity contribution in [2.45, 2.75) is 13.3 Å². The highest BCUT2D eigenvalue weighted by molar-refractivity contribution is 7.16. The van der Waals surface area contributed by atoms with Gasteiger partial charge in [-0.15, -0.1) is 0 Å². The first-order chi connectivity index (χ1) is 8.67. The number of imidazole rings is 1. The molecule has 0 saturated heterocycles. The van der Waals surface area contributed by atoms with Crippen molar-refractivity contribution in [3.05, 3.63) is 40.2 Å². The van der Waals surface area contributed by atoms with Gasteiger partial charge in [-0.3, -0.25) is 0 Å². The summed E-state index contributed by atoms with van der Waals surface area (Å²) in [5, 5.41) is 5.77. The first-order valence-electron chi connectivity index (χ1n) is 5.48. The molecule has 0 atom stereocenters. The summed E-state index contributed by atoms with van der Waals surface area (Å²) in [7, 11) is 0. The quantitative estimate of drug-likeness (QED) is 0.715. The molecule has 18 heavy (non-hydrogen) atoms. The molecule has 0 aliphatic rings. The summed E-state index contributed by atoms with van der Waals surface area (Å²) >= 11 is 7.56. The molecule has 1 aromatic carbocycles. The molecular formula is C12H9ClFN3S. The Morgan fingerprint density at radius 1 is 1.44 bits per heavy atom. The van der Waals surface area contributed by atoms with Crippen molar-refractivity contribution in [1.82, 2.24) is 14.6 Å². The van der Waals surface area contributed by atoms with Crippen LogP contribution in [0.2, 0.25) is 5.02 Å². The van der Waals surface area contributed by atoms with Gasteiger partial charge < -0.3 is 0 Å². The van der Waals surface area contributed by atoms with Gasteiger partial charge in [-0.05, 0) is 24.6 Å². The third kappa shape index (κ3) is 1.89. The molecule has 3 aromatic rings. The van der Waals surface area contributed by atoms with E-state index in [1.165, 1.54) is 12.1 Å². The topological polar surface area (TPSA) is 30.2 Å². The molecule has 0 fully saturated rings. The lowest BCUT2D eigenvalue weighted by atomic mass is 10.2. The Morgan fingerprint density at radius 3 is 2.94 bits per heavy atom. The number of aromatic nitrogens is 3. The second kappa shape index (κ2) is 4.33. The Balaban J connectivity index is 2.10. The van der Waals surface area contributed by atoms with Crippen molar-refractivity contribution >= 4 is 27.9 Å². The molecule has 0 radical (unpaired) electrons. The van der Waals surface area contributed by atoms with Crippen molar-refractivity contribution in [3.8, 4) is 11.3 Å². The van der Waals surface area contributed by atoms with E-state index >= 15 is 0 Å². The number of hydrogen-bond donors (Lipinski definition) is 0. The number of aryl methyl sites for hydroxylation is 1. The van der Waals surface area contributed by atoms with Crippen LogP contribution in [0.5, 0.6) is 0 Å². The van der Waals surface area contributed by atoms with Gasteiger partial charge in [0, 0.05) is 5.56 Å². The molecule has 0 spiro atoms. The fourth-order valence-corrected chi connectivity index (χ4v) is 2.79. The maximum atomic E-state index is 13.0. The molecule has 3 nitrogen and oxygen atoms in total. The van der Waals surface area contributed by atoms with Crippen LogP contribution in [0.15, 0.2) is 24.4 Å². The summed E-state index contributed by atoms with van der Waals surface area (Å²) in [4.78, 5) is 5.28. The maximum Gasteiger partial charge on any atom is 0.212 e. The van der Waals surface area contributed by atoms with Crippen molar-refractivity contribution in [2.75, 3.05) is 0 Å². The van der Waals surface area contributed by atoms with Crippen molar-refractivity contribution in [3.63, 3.8) is 0 Å². The monoisotopic (exact) mass is 281 g/mol. The lowest BCUT2D eigenvalue weighted by molar-refractivity contribution is 0.628. The Kier molecular flexibility index (Phi) is 2.80. The molecule has 0 saturated carbocycles. The van der Waals surface area contributed by atoms with E-state index in [1.807, 2.05) is 6.20 Å². The standard InChI is InChI=1S/C12H9ClFN3S/c1-2-11-16-17-6-10(15-12(17)18-11)8-4-3-7(14)5-9(8)13/h3-6H,2H2,1H3. The van der Waals surface area contributed by atoms with E-state index in [0.717, 1.165) is 16.4 Å². The van der Waals surface area contributed by atoms with Crippen molar-refractivity contribution in [1.29, 1.82) is 0 Å². The highest BCUT2D eigenvalue weighted by atomic mass is 35.5. The lowest BCUT2D eigenvalue weighted by Gasteiger charge is -1.99. The summed E-state index contributed by atoms with van der Waals surface area (Å²) in [6.07, 6.45) is 2.70. The van der Waals surface area contributed by atoms with Crippen LogP contribution in [0.3, 0.4) is 0 Å². The third-order valence-corrected chi connectivity index (χ3v) is 3.97. The van der Waals surface area contributed by atoms with Gasteiger partial charge in [0.05, 0.1) is 16.9 Å². The normalized spacial score (nSPS) is 11.3. The van der Waals surface area contributed by atoms with Gasteiger partial charge >= 0.3 is 0 Å². The smallest absolute Gasteiger partial charge is 0.212 e. The minimum Gasteiger partial charge on any atom is -0.217 e. The molecule has 2 aromatic heterocycles. The number of benzene rings is 1. The van der Waals surface area contributed by atoms with Crippen molar-refractivity contribution < 1.29 is 4.39 Å². The Labute approximate surface area is 112 Å². The predicted molar refractivity (Wildman–Crippen MR) is 70.6 cm³/mol. The first kappa shape index (κ1) is 11.6. The van der Waals surface area contributed by atoms with Gasteiger partial charge in [-0.2, -0.15) is 5.10 Å². The Hall–Kier alpha value is -1.46. The highest BCUT2D eigenvalue weighted by Gasteiger charge is 2.11. The molecule has 0 aliphatic carbocycles. The number of nitrogens with zero attached hydrogens (tertiary/aromatic N) is 3. The van der Waals surface area contributed by atoms with Crippen molar-refractivity contribution in [2.24, 2.45) is 0 Å². The largest absolute Gasteiger partial charge is 0.217 e. The Bertz CT molecular complexity index is 688. The zero-order valence-corrected chi connectivity index (χ0v) is 11.1. The third-order valence-electron chi connectivity index (χ3n) is 2.59. The second-order valence-electron chi connectivity index (χ2n) is 3.83. The van der Waals surface area contributed by atoms with Crippen LogP contribution in [0.4, 0.5) is 4.39 Å². The summed E-state index contributed by atoms with van der Waals surface area (Å²) in [5.41, 5.74) is 1.43. The molecule has 92 valence electrons. The van der Waals surface area contributed by atoms with E-state index < -0.39 is 0 Å². The number of fused-ring (bicyclic) bond motifs is 1.